The molecule has 0 radical (unpaired) electrons. The Morgan fingerprint density at radius 3 is 2.67 bits per heavy atom. The van der Waals surface area contributed by atoms with Gasteiger partial charge < -0.3 is 5.21 Å². The lowest BCUT2D eigenvalue weighted by molar-refractivity contribution is 0.318. The molecule has 92 valence electrons. The highest BCUT2D eigenvalue weighted by Gasteiger charge is 2.10. The number of oxime groups is 1. The van der Waals surface area contributed by atoms with E-state index in [1.54, 1.807) is 6.07 Å². The summed E-state index contributed by atoms with van der Waals surface area (Å²) in [5.74, 6) is 0. The minimum atomic E-state index is 0.416. The number of halogens is 2. The zero-order valence-corrected chi connectivity index (χ0v) is 11.7. The van der Waals surface area contributed by atoms with Crippen LogP contribution in [0.1, 0.15) is 11.3 Å². The van der Waals surface area contributed by atoms with Crippen LogP contribution in [0, 0.1) is 0 Å². The molecular weight excluding hydrogens is 316 g/mol. The lowest BCUT2D eigenvalue weighted by atomic mass is 10.1. The highest BCUT2D eigenvalue weighted by Crippen LogP contribution is 2.18. The molecule has 0 fully saturated rings. The number of hydrogen-bond acceptors (Lipinski definition) is 3. The topological polar surface area (TPSA) is 45.5 Å². The molecule has 0 amide bonds. The molecule has 0 spiro atoms. The van der Waals surface area contributed by atoms with E-state index in [1.165, 1.54) is 0 Å². The van der Waals surface area contributed by atoms with Crippen LogP contribution in [0.25, 0.3) is 0 Å². The van der Waals surface area contributed by atoms with Gasteiger partial charge in [0, 0.05) is 22.2 Å². The zero-order chi connectivity index (χ0) is 13.0. The summed E-state index contributed by atoms with van der Waals surface area (Å²) in [7, 11) is 0. The third kappa shape index (κ3) is 3.09. The molecule has 18 heavy (non-hydrogen) atoms. The van der Waals surface area contributed by atoms with Crippen molar-refractivity contribution in [2.75, 3.05) is 0 Å². The maximum atomic E-state index is 9.14. The van der Waals surface area contributed by atoms with Crippen molar-refractivity contribution >= 4 is 33.2 Å². The molecule has 1 aromatic carbocycles. The minimum Gasteiger partial charge on any atom is -0.411 e. The molecule has 0 bridgehead atoms. The second kappa shape index (κ2) is 5.98. The van der Waals surface area contributed by atoms with Gasteiger partial charge in [-0.3, -0.25) is 0 Å². The molecule has 2 aromatic rings. The molecule has 5 heteroatoms. The van der Waals surface area contributed by atoms with Crippen LogP contribution in [-0.2, 0) is 6.42 Å². The van der Waals surface area contributed by atoms with E-state index in [4.69, 9.17) is 16.8 Å². The van der Waals surface area contributed by atoms with E-state index in [2.05, 4.69) is 26.1 Å². The van der Waals surface area contributed by atoms with E-state index in [0.29, 0.717) is 17.3 Å². The van der Waals surface area contributed by atoms with Crippen molar-refractivity contribution < 1.29 is 5.21 Å². The Morgan fingerprint density at radius 1 is 1.22 bits per heavy atom. The number of hydrogen-bond donors (Lipinski definition) is 1. The summed E-state index contributed by atoms with van der Waals surface area (Å²) in [6.45, 7) is 0. The Bertz CT molecular complexity index is 587. The van der Waals surface area contributed by atoms with Gasteiger partial charge in [0.15, 0.2) is 0 Å². The summed E-state index contributed by atoms with van der Waals surface area (Å²) in [5, 5.41) is 12.9. The third-order valence-electron chi connectivity index (χ3n) is 2.43. The molecule has 2 rings (SSSR count). The molecule has 0 unspecified atom stereocenters. The minimum absolute atomic E-state index is 0.416. The van der Waals surface area contributed by atoms with Crippen molar-refractivity contribution in [2.45, 2.75) is 6.42 Å². The molecule has 3 nitrogen and oxygen atoms in total. The van der Waals surface area contributed by atoms with Gasteiger partial charge in [-0.25, -0.2) is 4.98 Å². The molecule has 0 atom stereocenters. The Morgan fingerprint density at radius 2 is 2.00 bits per heavy atom. The summed E-state index contributed by atoms with van der Waals surface area (Å²) >= 11 is 9.25. The van der Waals surface area contributed by atoms with E-state index in [9.17, 15) is 0 Å². The molecule has 0 aliphatic rings. The monoisotopic (exact) mass is 324 g/mol. The van der Waals surface area contributed by atoms with Crippen LogP contribution in [0.3, 0.4) is 0 Å². The first-order valence-corrected chi connectivity index (χ1v) is 6.45. The average molecular weight is 326 g/mol. The molecular formula is C13H10BrClN2O. The van der Waals surface area contributed by atoms with Gasteiger partial charge in [0.05, 0.1) is 5.71 Å². The smallest absolute Gasteiger partial charge is 0.129 e. The van der Waals surface area contributed by atoms with Crippen LogP contribution in [0.5, 0.6) is 0 Å². The first-order valence-electron chi connectivity index (χ1n) is 5.28. The maximum absolute atomic E-state index is 9.14. The third-order valence-corrected chi connectivity index (χ3v) is 3.33. The summed E-state index contributed by atoms with van der Waals surface area (Å²) in [6, 6.07) is 12.9. The van der Waals surface area contributed by atoms with E-state index in [1.807, 2.05) is 36.4 Å². The predicted octanol–water partition coefficient (Wildman–Crippen LogP) is 3.92. The lowest BCUT2D eigenvalue weighted by Gasteiger charge is -2.06. The van der Waals surface area contributed by atoms with Crippen LogP contribution < -0.4 is 0 Å². The average Bonchev–Trinajstić information content (AvgIpc) is 2.37. The Balaban J connectivity index is 2.29. The first kappa shape index (κ1) is 13.1. The SMILES string of the molecule is ON=C(Cc1cccc(Cl)n1)c1ccccc1Br. The summed E-state index contributed by atoms with van der Waals surface area (Å²) in [6.07, 6.45) is 0.416. The van der Waals surface area contributed by atoms with Crippen LogP contribution in [0.4, 0.5) is 0 Å². The second-order valence-corrected chi connectivity index (χ2v) is 4.90. The van der Waals surface area contributed by atoms with E-state index >= 15 is 0 Å². The van der Waals surface area contributed by atoms with Gasteiger partial charge in [-0.1, -0.05) is 57.0 Å². The number of nitrogens with zero attached hydrogens (tertiary/aromatic N) is 2. The molecule has 0 aliphatic heterocycles. The Kier molecular flexibility index (Phi) is 4.33. The number of rotatable bonds is 3. The summed E-state index contributed by atoms with van der Waals surface area (Å²) < 4.78 is 0.875. The highest BCUT2D eigenvalue weighted by molar-refractivity contribution is 9.10. The predicted molar refractivity (Wildman–Crippen MR) is 75.4 cm³/mol. The van der Waals surface area contributed by atoms with E-state index in [-0.39, 0.29) is 0 Å². The summed E-state index contributed by atoms with van der Waals surface area (Å²) in [4.78, 5) is 4.17. The van der Waals surface area contributed by atoms with Gasteiger partial charge in [0.2, 0.25) is 0 Å². The van der Waals surface area contributed by atoms with Crippen molar-refractivity contribution in [3.63, 3.8) is 0 Å². The number of pyridine rings is 1. The standard InChI is InChI=1S/C13H10BrClN2O/c14-11-6-2-1-5-10(11)12(17-18)8-9-4-3-7-13(15)16-9/h1-7,18H,8H2. The van der Waals surface area contributed by atoms with E-state index in [0.717, 1.165) is 15.7 Å². The van der Waals surface area contributed by atoms with Gasteiger partial charge in [0.1, 0.15) is 5.15 Å². The van der Waals surface area contributed by atoms with Crippen LogP contribution in [0.2, 0.25) is 5.15 Å². The summed E-state index contributed by atoms with van der Waals surface area (Å²) in [5.41, 5.74) is 2.13. The van der Waals surface area contributed by atoms with Crippen LogP contribution in [-0.4, -0.2) is 15.9 Å². The number of aromatic nitrogens is 1. The van der Waals surface area contributed by atoms with Gasteiger partial charge in [-0.15, -0.1) is 0 Å². The van der Waals surface area contributed by atoms with Crippen LogP contribution in [0.15, 0.2) is 52.1 Å². The Hall–Kier alpha value is -1.39. The molecule has 1 heterocycles. The fourth-order valence-corrected chi connectivity index (χ4v) is 2.29. The fraction of sp³-hybridized carbons (Fsp3) is 0.0769. The molecule has 0 saturated heterocycles. The van der Waals surface area contributed by atoms with Gasteiger partial charge in [-0.05, 0) is 18.2 Å². The van der Waals surface area contributed by atoms with Gasteiger partial charge in [0.25, 0.3) is 0 Å². The van der Waals surface area contributed by atoms with Crippen molar-refractivity contribution in [1.29, 1.82) is 0 Å². The van der Waals surface area contributed by atoms with Crippen molar-refractivity contribution in [1.82, 2.24) is 4.98 Å². The van der Waals surface area contributed by atoms with Crippen molar-refractivity contribution in [2.24, 2.45) is 5.16 Å². The fourth-order valence-electron chi connectivity index (χ4n) is 1.60. The molecule has 1 N–H and O–H groups in total. The van der Waals surface area contributed by atoms with E-state index < -0.39 is 0 Å². The molecule has 0 aliphatic carbocycles. The van der Waals surface area contributed by atoms with Gasteiger partial charge in [-0.2, -0.15) is 0 Å². The largest absolute Gasteiger partial charge is 0.411 e. The van der Waals surface area contributed by atoms with Crippen molar-refractivity contribution in [3.8, 4) is 0 Å². The lowest BCUT2D eigenvalue weighted by Crippen LogP contribution is -2.07. The highest BCUT2D eigenvalue weighted by atomic mass is 79.9. The maximum Gasteiger partial charge on any atom is 0.129 e. The molecule has 1 aromatic heterocycles. The molecule has 0 saturated carbocycles. The quantitative estimate of drug-likeness (QED) is 0.402. The number of benzene rings is 1. The second-order valence-electron chi connectivity index (χ2n) is 3.65. The first-order chi connectivity index (χ1) is 8.70. The Labute approximate surface area is 118 Å². The zero-order valence-electron chi connectivity index (χ0n) is 9.35. The van der Waals surface area contributed by atoms with Crippen LogP contribution >= 0.6 is 27.5 Å². The van der Waals surface area contributed by atoms with Gasteiger partial charge >= 0.3 is 0 Å². The van der Waals surface area contributed by atoms with Crippen molar-refractivity contribution in [3.05, 3.63) is 63.3 Å². The normalized spacial score (nSPS) is 11.6.